The maximum Gasteiger partial charge on any atom is 0.227 e. The summed E-state index contributed by atoms with van der Waals surface area (Å²) in [7, 11) is 1.87. The minimum atomic E-state index is 0. The summed E-state index contributed by atoms with van der Waals surface area (Å²) in [6.45, 7) is 1.79. The van der Waals surface area contributed by atoms with Gasteiger partial charge in [0.25, 0.3) is 0 Å². The molecule has 4 unspecified atom stereocenters. The quantitative estimate of drug-likeness (QED) is 0.811. The van der Waals surface area contributed by atoms with Crippen LogP contribution < -0.4 is 5.73 Å². The van der Waals surface area contributed by atoms with Crippen LogP contribution in [0, 0.1) is 17.8 Å². The fourth-order valence-electron chi connectivity index (χ4n) is 4.03. The largest absolute Gasteiger partial charge is 0.375 e. The van der Waals surface area contributed by atoms with E-state index in [1.165, 1.54) is 12.8 Å². The zero-order valence-corrected chi connectivity index (χ0v) is 14.5. The van der Waals surface area contributed by atoms with Gasteiger partial charge < -0.3 is 15.4 Å². The molecule has 0 spiro atoms. The van der Waals surface area contributed by atoms with Gasteiger partial charge in [0, 0.05) is 19.6 Å². The first kappa shape index (κ1) is 18.2. The van der Waals surface area contributed by atoms with Gasteiger partial charge in [0.05, 0.1) is 19.1 Å². The lowest BCUT2D eigenvalue weighted by molar-refractivity contribution is -0.137. The standard InChI is InChI=1S/C18H26N2O2.ClH/c1-20(9-10-22-12-13-5-3-2-4-6-13)18(21)16-14-7-8-15(11-14)17(16)19;/h2-6,14-17H,7-12,19H2,1H3;1H. The maximum absolute atomic E-state index is 12.6. The zero-order valence-electron chi connectivity index (χ0n) is 13.7. The van der Waals surface area contributed by atoms with E-state index >= 15 is 0 Å². The molecule has 23 heavy (non-hydrogen) atoms. The van der Waals surface area contributed by atoms with Crippen LogP contribution >= 0.6 is 12.4 Å². The second-order valence-corrected chi connectivity index (χ2v) is 6.73. The molecule has 1 aromatic rings. The van der Waals surface area contributed by atoms with Gasteiger partial charge >= 0.3 is 0 Å². The Hall–Kier alpha value is -1.10. The number of nitrogens with two attached hydrogens (primary N) is 1. The molecular weight excluding hydrogens is 312 g/mol. The highest BCUT2D eigenvalue weighted by Crippen LogP contribution is 2.48. The highest BCUT2D eigenvalue weighted by atomic mass is 35.5. The number of likely N-dealkylation sites (N-methyl/N-ethyl adjacent to an activating group) is 1. The summed E-state index contributed by atoms with van der Waals surface area (Å²) in [6, 6.07) is 10.2. The van der Waals surface area contributed by atoms with Crippen LogP contribution in [0.3, 0.4) is 0 Å². The molecule has 4 nitrogen and oxygen atoms in total. The van der Waals surface area contributed by atoms with Crippen molar-refractivity contribution in [3.8, 4) is 0 Å². The van der Waals surface area contributed by atoms with Crippen LogP contribution in [0.1, 0.15) is 24.8 Å². The Kier molecular flexibility index (Phi) is 6.45. The van der Waals surface area contributed by atoms with Gasteiger partial charge in [-0.05, 0) is 36.7 Å². The van der Waals surface area contributed by atoms with E-state index < -0.39 is 0 Å². The lowest BCUT2D eigenvalue weighted by Gasteiger charge is -2.30. The summed E-state index contributed by atoms with van der Waals surface area (Å²) < 4.78 is 5.67. The van der Waals surface area contributed by atoms with Crippen molar-refractivity contribution in [2.75, 3.05) is 20.2 Å². The number of amides is 1. The van der Waals surface area contributed by atoms with Crippen molar-refractivity contribution in [2.45, 2.75) is 31.9 Å². The number of rotatable bonds is 6. The van der Waals surface area contributed by atoms with Gasteiger partial charge in [-0.1, -0.05) is 30.3 Å². The summed E-state index contributed by atoms with van der Waals surface area (Å²) >= 11 is 0. The van der Waals surface area contributed by atoms with Crippen LogP contribution in [-0.4, -0.2) is 37.0 Å². The van der Waals surface area contributed by atoms with Crippen LogP contribution in [0.25, 0.3) is 0 Å². The third kappa shape index (κ3) is 4.06. The van der Waals surface area contributed by atoms with Gasteiger partial charge in [-0.2, -0.15) is 0 Å². The van der Waals surface area contributed by atoms with E-state index in [1.54, 1.807) is 4.90 Å². The predicted octanol–water partition coefficient (Wildman–Crippen LogP) is 2.46. The van der Waals surface area contributed by atoms with E-state index in [4.69, 9.17) is 10.5 Å². The monoisotopic (exact) mass is 338 g/mol. The predicted molar refractivity (Wildman–Crippen MR) is 93.3 cm³/mol. The lowest BCUT2D eigenvalue weighted by atomic mass is 9.84. The van der Waals surface area contributed by atoms with Crippen LogP contribution in [0.5, 0.6) is 0 Å². The molecule has 2 bridgehead atoms. The first-order valence-electron chi connectivity index (χ1n) is 8.29. The molecule has 2 N–H and O–H groups in total. The molecule has 1 amide bonds. The molecule has 0 aliphatic heterocycles. The average Bonchev–Trinajstić information content (AvgIpc) is 3.13. The van der Waals surface area contributed by atoms with E-state index in [1.807, 2.05) is 37.4 Å². The normalized spacial score (nSPS) is 28.4. The first-order valence-corrected chi connectivity index (χ1v) is 8.29. The van der Waals surface area contributed by atoms with Crippen molar-refractivity contribution in [3.63, 3.8) is 0 Å². The van der Waals surface area contributed by atoms with Gasteiger partial charge in [0.1, 0.15) is 0 Å². The fraction of sp³-hybridized carbons (Fsp3) is 0.611. The third-order valence-corrected chi connectivity index (χ3v) is 5.32. The number of halogens is 1. The van der Waals surface area contributed by atoms with Gasteiger partial charge in [0.15, 0.2) is 0 Å². The van der Waals surface area contributed by atoms with Crippen molar-refractivity contribution in [2.24, 2.45) is 23.5 Å². The minimum Gasteiger partial charge on any atom is -0.375 e. The van der Waals surface area contributed by atoms with Gasteiger partial charge in [-0.25, -0.2) is 0 Å². The Morgan fingerprint density at radius 3 is 2.61 bits per heavy atom. The molecule has 0 saturated heterocycles. The Morgan fingerprint density at radius 2 is 1.96 bits per heavy atom. The number of fused-ring (bicyclic) bond motifs is 2. The van der Waals surface area contributed by atoms with Gasteiger partial charge in [0.2, 0.25) is 5.91 Å². The second kappa shape index (κ2) is 8.13. The number of carbonyl (C=O) groups is 1. The minimum absolute atomic E-state index is 0. The van der Waals surface area contributed by atoms with E-state index in [9.17, 15) is 4.79 Å². The summed E-state index contributed by atoms with van der Waals surface area (Å²) in [5, 5.41) is 0. The molecule has 2 fully saturated rings. The summed E-state index contributed by atoms with van der Waals surface area (Å²) in [5.41, 5.74) is 7.41. The van der Waals surface area contributed by atoms with Crippen molar-refractivity contribution in [1.29, 1.82) is 0 Å². The van der Waals surface area contributed by atoms with Crippen molar-refractivity contribution >= 4 is 18.3 Å². The molecule has 3 rings (SSSR count). The maximum atomic E-state index is 12.6. The third-order valence-electron chi connectivity index (χ3n) is 5.32. The van der Waals surface area contributed by atoms with E-state index in [0.717, 1.165) is 12.0 Å². The Labute approximate surface area is 144 Å². The first-order chi connectivity index (χ1) is 10.7. The van der Waals surface area contributed by atoms with Crippen molar-refractivity contribution < 1.29 is 9.53 Å². The van der Waals surface area contributed by atoms with Crippen LogP contribution in [0.4, 0.5) is 0 Å². The highest BCUT2D eigenvalue weighted by Gasteiger charge is 2.49. The number of nitrogens with zero attached hydrogens (tertiary/aromatic N) is 1. The molecule has 4 atom stereocenters. The average molecular weight is 339 g/mol. The summed E-state index contributed by atoms with van der Waals surface area (Å²) in [4.78, 5) is 14.4. The highest BCUT2D eigenvalue weighted by molar-refractivity contribution is 5.85. The number of ether oxygens (including phenoxy) is 1. The molecule has 0 heterocycles. The molecule has 2 aliphatic rings. The number of hydrogen-bond acceptors (Lipinski definition) is 3. The van der Waals surface area contributed by atoms with Gasteiger partial charge in [-0.15, -0.1) is 12.4 Å². The zero-order chi connectivity index (χ0) is 15.5. The van der Waals surface area contributed by atoms with E-state index in [0.29, 0.717) is 31.6 Å². The Balaban J connectivity index is 0.00000192. The lowest BCUT2D eigenvalue weighted by Crippen LogP contribution is -2.46. The smallest absolute Gasteiger partial charge is 0.227 e. The van der Waals surface area contributed by atoms with Gasteiger partial charge in [-0.3, -0.25) is 4.79 Å². The molecule has 2 aliphatic carbocycles. The number of benzene rings is 1. The number of carbonyl (C=O) groups excluding carboxylic acids is 1. The van der Waals surface area contributed by atoms with E-state index in [2.05, 4.69) is 0 Å². The molecule has 0 radical (unpaired) electrons. The van der Waals surface area contributed by atoms with Crippen molar-refractivity contribution in [1.82, 2.24) is 4.90 Å². The molecule has 128 valence electrons. The van der Waals surface area contributed by atoms with E-state index in [-0.39, 0.29) is 30.3 Å². The summed E-state index contributed by atoms with van der Waals surface area (Å²) in [5.74, 6) is 1.34. The Bertz CT molecular complexity index is 509. The van der Waals surface area contributed by atoms with Crippen molar-refractivity contribution in [3.05, 3.63) is 35.9 Å². The van der Waals surface area contributed by atoms with Crippen LogP contribution in [0.2, 0.25) is 0 Å². The summed E-state index contributed by atoms with van der Waals surface area (Å²) in [6.07, 6.45) is 3.53. The van der Waals surface area contributed by atoms with Crippen LogP contribution in [-0.2, 0) is 16.1 Å². The molecular formula is C18H27ClN2O2. The fourth-order valence-corrected chi connectivity index (χ4v) is 4.03. The molecule has 5 heteroatoms. The topological polar surface area (TPSA) is 55.6 Å². The molecule has 1 aromatic carbocycles. The SMILES string of the molecule is CN(CCOCc1ccccc1)C(=O)C1C2CCC(C2)C1N.Cl. The second-order valence-electron chi connectivity index (χ2n) is 6.73. The van der Waals surface area contributed by atoms with Crippen LogP contribution in [0.15, 0.2) is 30.3 Å². The number of hydrogen-bond donors (Lipinski definition) is 1. The molecule has 2 saturated carbocycles. The molecule has 0 aromatic heterocycles. The Morgan fingerprint density at radius 1 is 1.26 bits per heavy atom.